The van der Waals surface area contributed by atoms with Gasteiger partial charge < -0.3 is 10.4 Å². The van der Waals surface area contributed by atoms with Gasteiger partial charge in [0.15, 0.2) is 0 Å². The minimum atomic E-state index is -0.691. The molecule has 0 bridgehead atoms. The van der Waals surface area contributed by atoms with Crippen LogP contribution in [0.15, 0.2) is 0 Å². The SMILES string of the molecule is O=C(O)C1CCCCC1CNC(=O)C1C2CCCCC21. The summed E-state index contributed by atoms with van der Waals surface area (Å²) in [5, 5.41) is 12.3. The maximum Gasteiger partial charge on any atom is 0.306 e. The lowest BCUT2D eigenvalue weighted by atomic mass is 9.79. The van der Waals surface area contributed by atoms with Crippen LogP contribution < -0.4 is 5.32 Å². The summed E-state index contributed by atoms with van der Waals surface area (Å²) < 4.78 is 0. The summed E-state index contributed by atoms with van der Waals surface area (Å²) in [4.78, 5) is 23.5. The van der Waals surface area contributed by atoms with Crippen LogP contribution in [-0.4, -0.2) is 23.5 Å². The summed E-state index contributed by atoms with van der Waals surface area (Å²) in [6.07, 6.45) is 8.78. The number of hydrogen-bond donors (Lipinski definition) is 2. The highest BCUT2D eigenvalue weighted by Gasteiger charge is 2.54. The molecule has 3 saturated carbocycles. The van der Waals surface area contributed by atoms with E-state index in [-0.39, 0.29) is 23.7 Å². The Bertz CT molecular complexity index is 383. The smallest absolute Gasteiger partial charge is 0.306 e. The van der Waals surface area contributed by atoms with E-state index in [0.29, 0.717) is 18.4 Å². The molecule has 2 N–H and O–H groups in total. The summed E-state index contributed by atoms with van der Waals surface area (Å²) in [5.41, 5.74) is 0. The van der Waals surface area contributed by atoms with Crippen LogP contribution in [0.2, 0.25) is 0 Å². The molecule has 20 heavy (non-hydrogen) atoms. The van der Waals surface area contributed by atoms with E-state index in [9.17, 15) is 14.7 Å². The Hall–Kier alpha value is -1.06. The summed E-state index contributed by atoms with van der Waals surface area (Å²) in [6.45, 7) is 0.561. The van der Waals surface area contributed by atoms with Crippen LogP contribution >= 0.6 is 0 Å². The standard InChI is InChI=1S/C16H25NO3/c18-15(14-12-7-3-4-8-13(12)14)17-9-10-5-1-2-6-11(10)16(19)20/h10-14H,1-9H2,(H,17,18)(H,19,20). The molecule has 0 aromatic rings. The van der Waals surface area contributed by atoms with Crippen molar-refractivity contribution in [3.63, 3.8) is 0 Å². The van der Waals surface area contributed by atoms with Gasteiger partial charge in [-0.05, 0) is 43.4 Å². The lowest BCUT2D eigenvalue weighted by molar-refractivity contribution is -0.145. The zero-order valence-electron chi connectivity index (χ0n) is 12.0. The Kier molecular flexibility index (Phi) is 3.99. The molecular weight excluding hydrogens is 254 g/mol. The predicted octanol–water partition coefficient (Wildman–Crippen LogP) is 2.43. The minimum absolute atomic E-state index is 0.131. The van der Waals surface area contributed by atoms with E-state index in [0.717, 1.165) is 25.7 Å². The van der Waals surface area contributed by atoms with Crippen LogP contribution in [0.5, 0.6) is 0 Å². The molecule has 3 aliphatic rings. The average Bonchev–Trinajstić information content (AvgIpc) is 3.19. The highest BCUT2D eigenvalue weighted by atomic mass is 16.4. The third-order valence-corrected chi connectivity index (χ3v) is 5.72. The van der Waals surface area contributed by atoms with Crippen molar-refractivity contribution in [1.82, 2.24) is 5.32 Å². The van der Waals surface area contributed by atoms with Crippen molar-refractivity contribution in [3.8, 4) is 0 Å². The van der Waals surface area contributed by atoms with Crippen molar-refractivity contribution >= 4 is 11.9 Å². The summed E-state index contributed by atoms with van der Waals surface area (Å²) in [6, 6.07) is 0. The molecule has 0 aliphatic heterocycles. The molecule has 0 saturated heterocycles. The molecule has 4 atom stereocenters. The topological polar surface area (TPSA) is 66.4 Å². The fourth-order valence-corrected chi connectivity index (χ4v) is 4.51. The molecule has 3 rings (SSSR count). The first-order valence-corrected chi connectivity index (χ1v) is 8.19. The van der Waals surface area contributed by atoms with Gasteiger partial charge in [-0.25, -0.2) is 0 Å². The van der Waals surface area contributed by atoms with Crippen molar-refractivity contribution in [2.45, 2.75) is 51.4 Å². The molecule has 0 aromatic heterocycles. The van der Waals surface area contributed by atoms with Gasteiger partial charge in [-0.1, -0.05) is 25.7 Å². The molecule has 4 unspecified atom stereocenters. The lowest BCUT2D eigenvalue weighted by Gasteiger charge is -2.28. The third-order valence-electron chi connectivity index (χ3n) is 5.72. The highest BCUT2D eigenvalue weighted by molar-refractivity contribution is 5.82. The number of rotatable bonds is 4. The molecule has 0 spiro atoms. The van der Waals surface area contributed by atoms with Crippen molar-refractivity contribution < 1.29 is 14.7 Å². The Morgan fingerprint density at radius 1 is 0.950 bits per heavy atom. The number of fused-ring (bicyclic) bond motifs is 1. The minimum Gasteiger partial charge on any atom is -0.481 e. The van der Waals surface area contributed by atoms with Gasteiger partial charge in [-0.3, -0.25) is 9.59 Å². The summed E-state index contributed by atoms with van der Waals surface area (Å²) in [7, 11) is 0. The molecule has 3 aliphatic carbocycles. The number of carboxylic acids is 1. The van der Waals surface area contributed by atoms with E-state index in [2.05, 4.69) is 5.32 Å². The molecule has 1 amide bonds. The zero-order chi connectivity index (χ0) is 14.1. The number of carbonyl (C=O) groups is 2. The predicted molar refractivity (Wildman–Crippen MR) is 75.0 cm³/mol. The molecule has 0 aromatic carbocycles. The van der Waals surface area contributed by atoms with Gasteiger partial charge in [0.1, 0.15) is 0 Å². The van der Waals surface area contributed by atoms with Gasteiger partial charge in [0.25, 0.3) is 0 Å². The fraction of sp³-hybridized carbons (Fsp3) is 0.875. The second kappa shape index (κ2) is 5.74. The molecule has 4 nitrogen and oxygen atoms in total. The molecule has 4 heteroatoms. The van der Waals surface area contributed by atoms with Crippen LogP contribution in [0, 0.1) is 29.6 Å². The second-order valence-electron chi connectivity index (χ2n) is 6.87. The number of aliphatic carboxylic acids is 1. The van der Waals surface area contributed by atoms with E-state index >= 15 is 0 Å². The van der Waals surface area contributed by atoms with Gasteiger partial charge in [-0.15, -0.1) is 0 Å². The fourth-order valence-electron chi connectivity index (χ4n) is 4.51. The number of amides is 1. The number of hydrogen-bond acceptors (Lipinski definition) is 2. The molecule has 0 radical (unpaired) electrons. The normalized spacial score (nSPS) is 39.7. The van der Waals surface area contributed by atoms with Crippen LogP contribution in [-0.2, 0) is 9.59 Å². The van der Waals surface area contributed by atoms with Crippen molar-refractivity contribution in [1.29, 1.82) is 0 Å². The van der Waals surface area contributed by atoms with E-state index in [1.54, 1.807) is 0 Å². The third kappa shape index (κ3) is 2.70. The summed E-state index contributed by atoms with van der Waals surface area (Å²) >= 11 is 0. The first-order valence-electron chi connectivity index (χ1n) is 8.19. The van der Waals surface area contributed by atoms with Gasteiger partial charge in [0, 0.05) is 12.5 Å². The van der Waals surface area contributed by atoms with Gasteiger partial charge >= 0.3 is 5.97 Å². The average molecular weight is 279 g/mol. The molecule has 112 valence electrons. The Labute approximate surface area is 120 Å². The van der Waals surface area contributed by atoms with Crippen molar-refractivity contribution in [3.05, 3.63) is 0 Å². The maximum absolute atomic E-state index is 12.2. The molecular formula is C16H25NO3. The second-order valence-corrected chi connectivity index (χ2v) is 6.87. The first-order chi connectivity index (χ1) is 9.68. The van der Waals surface area contributed by atoms with E-state index < -0.39 is 5.97 Å². The van der Waals surface area contributed by atoms with Crippen LogP contribution in [0.1, 0.15) is 51.4 Å². The number of carbonyl (C=O) groups excluding carboxylic acids is 1. The van der Waals surface area contributed by atoms with Crippen molar-refractivity contribution in [2.24, 2.45) is 29.6 Å². The Morgan fingerprint density at radius 3 is 2.20 bits per heavy atom. The van der Waals surface area contributed by atoms with E-state index in [1.165, 1.54) is 25.7 Å². The zero-order valence-corrected chi connectivity index (χ0v) is 12.0. The quantitative estimate of drug-likeness (QED) is 0.830. The maximum atomic E-state index is 12.2. The number of carboxylic acid groups (broad SMARTS) is 1. The lowest BCUT2D eigenvalue weighted by Crippen LogP contribution is -2.38. The van der Waals surface area contributed by atoms with E-state index in [1.807, 2.05) is 0 Å². The molecule has 3 fully saturated rings. The summed E-state index contributed by atoms with van der Waals surface area (Å²) in [5.74, 6) is 0.872. The Balaban J connectivity index is 1.48. The Morgan fingerprint density at radius 2 is 1.55 bits per heavy atom. The van der Waals surface area contributed by atoms with Crippen LogP contribution in [0.3, 0.4) is 0 Å². The monoisotopic (exact) mass is 279 g/mol. The van der Waals surface area contributed by atoms with Gasteiger partial charge in [0.2, 0.25) is 5.91 Å². The molecule has 0 heterocycles. The highest BCUT2D eigenvalue weighted by Crippen LogP contribution is 2.55. The van der Waals surface area contributed by atoms with E-state index in [4.69, 9.17) is 0 Å². The van der Waals surface area contributed by atoms with Crippen molar-refractivity contribution in [2.75, 3.05) is 6.54 Å². The van der Waals surface area contributed by atoms with Crippen LogP contribution in [0.4, 0.5) is 0 Å². The van der Waals surface area contributed by atoms with Gasteiger partial charge in [0.05, 0.1) is 5.92 Å². The van der Waals surface area contributed by atoms with Gasteiger partial charge in [-0.2, -0.15) is 0 Å². The number of nitrogens with one attached hydrogen (secondary N) is 1. The largest absolute Gasteiger partial charge is 0.481 e. The van der Waals surface area contributed by atoms with Crippen LogP contribution in [0.25, 0.3) is 0 Å². The first kappa shape index (κ1) is 13.9.